The number of nitrogens with zero attached hydrogens (tertiary/aromatic N) is 1. The van der Waals surface area contributed by atoms with Crippen LogP contribution < -0.4 is 14.4 Å². The van der Waals surface area contributed by atoms with Crippen molar-refractivity contribution in [3.8, 4) is 11.5 Å². The van der Waals surface area contributed by atoms with E-state index >= 15 is 0 Å². The number of hydrogen-bond acceptors (Lipinski definition) is 3. The van der Waals surface area contributed by atoms with Gasteiger partial charge < -0.3 is 14.4 Å². The molecule has 0 saturated heterocycles. The molecule has 0 aromatic heterocycles. The Morgan fingerprint density at radius 3 is 2.35 bits per heavy atom. The van der Waals surface area contributed by atoms with Crippen LogP contribution in [0.2, 0.25) is 0 Å². The lowest BCUT2D eigenvalue weighted by Crippen LogP contribution is -2.17. The van der Waals surface area contributed by atoms with Crippen LogP contribution in [0.25, 0.3) is 0 Å². The number of rotatable bonds is 6. The predicted molar refractivity (Wildman–Crippen MR) is 95.0 cm³/mol. The molecule has 3 rings (SSSR count). The summed E-state index contributed by atoms with van der Waals surface area (Å²) < 4.78 is 11.7. The van der Waals surface area contributed by atoms with Gasteiger partial charge >= 0.3 is 0 Å². The Labute approximate surface area is 138 Å². The molecule has 0 spiro atoms. The Morgan fingerprint density at radius 2 is 1.70 bits per heavy atom. The van der Waals surface area contributed by atoms with Gasteiger partial charge in [0.15, 0.2) is 11.5 Å². The Hall–Kier alpha value is -2.16. The maximum Gasteiger partial charge on any atom is 0.163 e. The van der Waals surface area contributed by atoms with Crippen molar-refractivity contribution >= 4 is 11.4 Å². The van der Waals surface area contributed by atoms with Crippen molar-refractivity contribution in [2.75, 3.05) is 18.6 Å². The van der Waals surface area contributed by atoms with Gasteiger partial charge in [0.1, 0.15) is 0 Å². The largest absolute Gasteiger partial charge is 0.493 e. The van der Waals surface area contributed by atoms with E-state index in [0.29, 0.717) is 6.10 Å². The lowest BCUT2D eigenvalue weighted by Gasteiger charge is -2.25. The Bertz CT molecular complexity index is 621. The molecule has 0 aliphatic heterocycles. The summed E-state index contributed by atoms with van der Waals surface area (Å²) >= 11 is 0. The third-order valence-corrected chi connectivity index (χ3v) is 4.44. The molecule has 0 amide bonds. The summed E-state index contributed by atoms with van der Waals surface area (Å²) in [6.07, 6.45) is 5.13. The maximum absolute atomic E-state index is 6.22. The van der Waals surface area contributed by atoms with E-state index in [1.54, 1.807) is 7.11 Å². The zero-order valence-corrected chi connectivity index (χ0v) is 14.0. The third kappa shape index (κ3) is 3.61. The summed E-state index contributed by atoms with van der Waals surface area (Å²) in [5.41, 5.74) is 2.32. The van der Waals surface area contributed by atoms with Gasteiger partial charge in [0, 0.05) is 24.0 Å². The Morgan fingerprint density at radius 1 is 0.957 bits per heavy atom. The number of ether oxygens (including phenoxy) is 2. The fourth-order valence-corrected chi connectivity index (χ4v) is 3.23. The third-order valence-electron chi connectivity index (χ3n) is 4.44. The van der Waals surface area contributed by atoms with Gasteiger partial charge in [-0.25, -0.2) is 0 Å². The fraction of sp³-hybridized carbons (Fsp3) is 0.400. The van der Waals surface area contributed by atoms with Crippen LogP contribution in [0, 0.1) is 0 Å². The molecular weight excluding hydrogens is 286 g/mol. The number of hydrogen-bond donors (Lipinski definition) is 0. The number of methoxy groups -OCH3 is 1. The molecule has 0 bridgehead atoms. The van der Waals surface area contributed by atoms with Gasteiger partial charge in [-0.3, -0.25) is 0 Å². The molecule has 3 nitrogen and oxygen atoms in total. The molecule has 0 unspecified atom stereocenters. The van der Waals surface area contributed by atoms with E-state index in [1.807, 2.05) is 12.1 Å². The molecule has 2 aromatic carbocycles. The van der Waals surface area contributed by atoms with Crippen LogP contribution in [0.1, 0.15) is 32.6 Å². The molecule has 0 N–H and O–H groups in total. The van der Waals surface area contributed by atoms with Crippen molar-refractivity contribution in [3.05, 3.63) is 48.5 Å². The van der Waals surface area contributed by atoms with Crippen molar-refractivity contribution in [1.29, 1.82) is 0 Å². The first kappa shape index (κ1) is 15.7. The van der Waals surface area contributed by atoms with Gasteiger partial charge in [-0.1, -0.05) is 18.2 Å². The average Bonchev–Trinajstić information content (AvgIpc) is 3.10. The van der Waals surface area contributed by atoms with Crippen LogP contribution in [0.3, 0.4) is 0 Å². The van der Waals surface area contributed by atoms with Gasteiger partial charge in [-0.05, 0) is 56.9 Å². The van der Waals surface area contributed by atoms with E-state index in [2.05, 4.69) is 48.2 Å². The summed E-state index contributed by atoms with van der Waals surface area (Å²) in [7, 11) is 1.70. The molecule has 1 aliphatic rings. The van der Waals surface area contributed by atoms with Crippen molar-refractivity contribution in [2.24, 2.45) is 0 Å². The highest BCUT2D eigenvalue weighted by Crippen LogP contribution is 2.36. The van der Waals surface area contributed by atoms with Gasteiger partial charge in [0.25, 0.3) is 0 Å². The van der Waals surface area contributed by atoms with E-state index < -0.39 is 0 Å². The SMILES string of the molecule is CCN(c1ccccc1)c1ccc(OC)c(OC2CCCC2)c1. The highest BCUT2D eigenvalue weighted by atomic mass is 16.5. The second kappa shape index (κ2) is 7.40. The van der Waals surface area contributed by atoms with Crippen LogP contribution in [0.4, 0.5) is 11.4 Å². The Kier molecular flexibility index (Phi) is 5.06. The summed E-state index contributed by atoms with van der Waals surface area (Å²) in [6, 6.07) is 16.6. The molecule has 0 atom stereocenters. The van der Waals surface area contributed by atoms with Crippen molar-refractivity contribution in [1.82, 2.24) is 0 Å². The molecule has 23 heavy (non-hydrogen) atoms. The quantitative estimate of drug-likeness (QED) is 0.734. The van der Waals surface area contributed by atoms with Crippen molar-refractivity contribution < 1.29 is 9.47 Å². The van der Waals surface area contributed by atoms with E-state index in [4.69, 9.17) is 9.47 Å². The second-order valence-corrected chi connectivity index (χ2v) is 5.94. The lowest BCUT2D eigenvalue weighted by atomic mass is 10.2. The van der Waals surface area contributed by atoms with Crippen LogP contribution in [-0.4, -0.2) is 19.8 Å². The molecule has 2 aromatic rings. The average molecular weight is 311 g/mol. The molecule has 122 valence electrons. The molecule has 0 heterocycles. The van der Waals surface area contributed by atoms with Gasteiger partial charge in [-0.2, -0.15) is 0 Å². The lowest BCUT2D eigenvalue weighted by molar-refractivity contribution is 0.201. The van der Waals surface area contributed by atoms with Crippen LogP contribution in [-0.2, 0) is 0 Å². The van der Waals surface area contributed by atoms with Crippen LogP contribution >= 0.6 is 0 Å². The van der Waals surface area contributed by atoms with Gasteiger partial charge in [0.2, 0.25) is 0 Å². The minimum Gasteiger partial charge on any atom is -0.493 e. The summed E-state index contributed by atoms with van der Waals surface area (Å²) in [4.78, 5) is 2.28. The van der Waals surface area contributed by atoms with E-state index in [0.717, 1.165) is 36.6 Å². The molecule has 1 saturated carbocycles. The molecule has 1 fully saturated rings. The topological polar surface area (TPSA) is 21.7 Å². The predicted octanol–water partition coefficient (Wildman–Crippen LogP) is 5.17. The number of anilines is 2. The van der Waals surface area contributed by atoms with Gasteiger partial charge in [0.05, 0.1) is 13.2 Å². The van der Waals surface area contributed by atoms with E-state index in [1.165, 1.54) is 18.5 Å². The fourth-order valence-electron chi connectivity index (χ4n) is 3.23. The van der Waals surface area contributed by atoms with Gasteiger partial charge in [-0.15, -0.1) is 0 Å². The molecule has 1 aliphatic carbocycles. The minimum absolute atomic E-state index is 0.325. The Balaban J connectivity index is 1.89. The number of benzene rings is 2. The molecule has 0 radical (unpaired) electrons. The highest BCUT2D eigenvalue weighted by molar-refractivity contribution is 5.66. The van der Waals surface area contributed by atoms with E-state index in [9.17, 15) is 0 Å². The normalized spacial score (nSPS) is 14.7. The first-order valence-corrected chi connectivity index (χ1v) is 8.49. The van der Waals surface area contributed by atoms with Crippen molar-refractivity contribution in [2.45, 2.75) is 38.7 Å². The van der Waals surface area contributed by atoms with E-state index in [-0.39, 0.29) is 0 Å². The van der Waals surface area contributed by atoms with Crippen LogP contribution in [0.5, 0.6) is 11.5 Å². The molecular formula is C20H25NO2. The summed E-state index contributed by atoms with van der Waals surface area (Å²) in [5.74, 6) is 1.66. The highest BCUT2D eigenvalue weighted by Gasteiger charge is 2.19. The first-order chi connectivity index (χ1) is 11.3. The van der Waals surface area contributed by atoms with Crippen LogP contribution in [0.15, 0.2) is 48.5 Å². The number of para-hydroxylation sites is 1. The standard InChI is InChI=1S/C20H25NO2/c1-3-21(16-9-5-4-6-10-16)17-13-14-19(22-2)20(15-17)23-18-11-7-8-12-18/h4-6,9-10,13-15,18H,3,7-8,11-12H2,1-2H3. The zero-order valence-electron chi connectivity index (χ0n) is 14.0. The minimum atomic E-state index is 0.325. The molecule has 3 heteroatoms. The second-order valence-electron chi connectivity index (χ2n) is 5.94. The first-order valence-electron chi connectivity index (χ1n) is 8.49. The maximum atomic E-state index is 6.22. The monoisotopic (exact) mass is 311 g/mol. The zero-order chi connectivity index (χ0) is 16.1. The van der Waals surface area contributed by atoms with Crippen molar-refractivity contribution in [3.63, 3.8) is 0 Å². The summed E-state index contributed by atoms with van der Waals surface area (Å²) in [5, 5.41) is 0. The smallest absolute Gasteiger partial charge is 0.163 e. The summed E-state index contributed by atoms with van der Waals surface area (Å²) in [6.45, 7) is 3.06.